The highest BCUT2D eigenvalue weighted by Crippen LogP contribution is 2.36. The Kier molecular flexibility index (Phi) is 4.20. The Morgan fingerprint density at radius 1 is 1.43 bits per heavy atom. The van der Waals surface area contributed by atoms with Gasteiger partial charge in [0.1, 0.15) is 0 Å². The van der Waals surface area contributed by atoms with E-state index in [2.05, 4.69) is 23.9 Å². The number of carbonyl (C=O) groups is 1. The van der Waals surface area contributed by atoms with Crippen molar-refractivity contribution in [1.82, 2.24) is 14.8 Å². The third kappa shape index (κ3) is 3.28. The molecule has 2 aromatic heterocycles. The number of rotatable bonds is 4. The van der Waals surface area contributed by atoms with E-state index in [0.717, 1.165) is 36.1 Å². The van der Waals surface area contributed by atoms with Gasteiger partial charge in [0.15, 0.2) is 5.69 Å². The first-order chi connectivity index (χ1) is 11.0. The van der Waals surface area contributed by atoms with E-state index >= 15 is 0 Å². The van der Waals surface area contributed by atoms with Gasteiger partial charge in [-0.2, -0.15) is 5.10 Å². The molecule has 0 N–H and O–H groups in total. The number of fused-ring (bicyclic) bond motifs is 1. The van der Waals surface area contributed by atoms with Gasteiger partial charge >= 0.3 is 5.97 Å². The molecular weight excluding hydrogens is 290 g/mol. The van der Waals surface area contributed by atoms with E-state index in [-0.39, 0.29) is 11.4 Å². The van der Waals surface area contributed by atoms with Crippen molar-refractivity contribution in [3.63, 3.8) is 0 Å². The largest absolute Gasteiger partial charge is 0.461 e. The fourth-order valence-corrected chi connectivity index (χ4v) is 3.16. The highest BCUT2D eigenvalue weighted by molar-refractivity contribution is 5.89. The number of esters is 1. The first-order valence-electron chi connectivity index (χ1n) is 8.15. The van der Waals surface area contributed by atoms with E-state index in [1.165, 1.54) is 0 Å². The Balaban J connectivity index is 2.00. The lowest BCUT2D eigenvalue weighted by molar-refractivity contribution is 0.0517. The summed E-state index contributed by atoms with van der Waals surface area (Å²) in [5.41, 5.74) is 4.02. The number of ether oxygens (including phenoxy) is 1. The van der Waals surface area contributed by atoms with Crippen LogP contribution in [0.3, 0.4) is 0 Å². The van der Waals surface area contributed by atoms with Crippen LogP contribution in [0.5, 0.6) is 0 Å². The molecule has 0 atom stereocenters. The molecule has 1 aliphatic rings. The van der Waals surface area contributed by atoms with Crippen molar-refractivity contribution in [3.8, 4) is 0 Å². The van der Waals surface area contributed by atoms with Crippen LogP contribution < -0.4 is 0 Å². The first kappa shape index (κ1) is 15.7. The Hall–Kier alpha value is -2.17. The van der Waals surface area contributed by atoms with Gasteiger partial charge < -0.3 is 4.74 Å². The summed E-state index contributed by atoms with van der Waals surface area (Å²) in [7, 11) is 0. The molecule has 0 fully saturated rings. The minimum absolute atomic E-state index is 0.228. The molecule has 0 amide bonds. The van der Waals surface area contributed by atoms with E-state index in [1.807, 2.05) is 29.9 Å². The average Bonchev–Trinajstić information content (AvgIpc) is 2.85. The predicted molar refractivity (Wildman–Crippen MR) is 87.3 cm³/mol. The zero-order chi connectivity index (χ0) is 16.4. The Labute approximate surface area is 136 Å². The predicted octanol–water partition coefficient (Wildman–Crippen LogP) is 3.02. The van der Waals surface area contributed by atoms with Crippen molar-refractivity contribution in [2.45, 2.75) is 46.6 Å². The third-order valence-corrected chi connectivity index (χ3v) is 4.39. The molecule has 0 radical (unpaired) electrons. The molecule has 0 unspecified atom stereocenters. The summed E-state index contributed by atoms with van der Waals surface area (Å²) >= 11 is 0. The summed E-state index contributed by atoms with van der Waals surface area (Å²) in [6.07, 6.45) is 6.46. The second kappa shape index (κ2) is 6.14. The molecule has 0 aliphatic heterocycles. The number of nitrogens with zero attached hydrogens (tertiary/aromatic N) is 3. The van der Waals surface area contributed by atoms with Gasteiger partial charge in [0.2, 0.25) is 0 Å². The maximum absolute atomic E-state index is 12.2. The molecular formula is C18H23N3O2. The van der Waals surface area contributed by atoms with Crippen LogP contribution in [0, 0.1) is 5.41 Å². The first-order valence-corrected chi connectivity index (χ1v) is 8.15. The minimum atomic E-state index is -0.312. The average molecular weight is 313 g/mol. The van der Waals surface area contributed by atoms with Crippen LogP contribution >= 0.6 is 0 Å². The van der Waals surface area contributed by atoms with Crippen LogP contribution in [0.15, 0.2) is 24.5 Å². The third-order valence-electron chi connectivity index (χ3n) is 4.39. The zero-order valence-electron chi connectivity index (χ0n) is 14.0. The van der Waals surface area contributed by atoms with Crippen molar-refractivity contribution in [3.05, 3.63) is 47.0 Å². The molecule has 0 bridgehead atoms. The maximum atomic E-state index is 12.2. The lowest BCUT2D eigenvalue weighted by atomic mass is 9.76. The number of hydrogen-bond acceptors (Lipinski definition) is 4. The Bertz CT molecular complexity index is 705. The molecule has 3 rings (SSSR count). The van der Waals surface area contributed by atoms with E-state index in [1.54, 1.807) is 6.20 Å². The fraction of sp³-hybridized carbons (Fsp3) is 0.500. The summed E-state index contributed by atoms with van der Waals surface area (Å²) in [6.45, 7) is 7.35. The molecule has 5 nitrogen and oxygen atoms in total. The summed E-state index contributed by atoms with van der Waals surface area (Å²) in [4.78, 5) is 16.4. The summed E-state index contributed by atoms with van der Waals surface area (Å²) in [5, 5.41) is 4.59. The molecule has 5 heteroatoms. The molecule has 2 aromatic rings. The molecule has 0 saturated carbocycles. The highest BCUT2D eigenvalue weighted by atomic mass is 16.5. The quantitative estimate of drug-likeness (QED) is 0.814. The summed E-state index contributed by atoms with van der Waals surface area (Å²) in [6, 6.07) is 3.94. The van der Waals surface area contributed by atoms with Crippen molar-refractivity contribution < 1.29 is 9.53 Å². The number of carbonyl (C=O) groups excluding carboxylic acids is 1. The van der Waals surface area contributed by atoms with E-state index < -0.39 is 0 Å². The smallest absolute Gasteiger partial charge is 0.359 e. The van der Waals surface area contributed by atoms with Crippen molar-refractivity contribution in [1.29, 1.82) is 0 Å². The fourth-order valence-electron chi connectivity index (χ4n) is 3.16. The summed E-state index contributed by atoms with van der Waals surface area (Å²) < 4.78 is 7.14. The van der Waals surface area contributed by atoms with Gasteiger partial charge in [-0.1, -0.05) is 19.9 Å². The minimum Gasteiger partial charge on any atom is -0.461 e. The van der Waals surface area contributed by atoms with Crippen molar-refractivity contribution in [2.75, 3.05) is 6.61 Å². The second-order valence-corrected chi connectivity index (χ2v) is 6.85. The standard InChI is InChI=1S/C18H23N3O2/c1-4-23-17(22)16-14-7-8-18(2,3)10-15(14)21(20-16)12-13-6-5-9-19-11-13/h5-6,9,11H,4,7-8,10,12H2,1-3H3. The molecule has 0 spiro atoms. The van der Waals surface area contributed by atoms with Gasteiger partial charge in [-0.05, 0) is 43.2 Å². The van der Waals surface area contributed by atoms with Gasteiger partial charge in [-0.3, -0.25) is 9.67 Å². The second-order valence-electron chi connectivity index (χ2n) is 6.85. The molecule has 122 valence electrons. The number of pyridine rings is 1. The van der Waals surface area contributed by atoms with E-state index in [4.69, 9.17) is 4.74 Å². The zero-order valence-corrected chi connectivity index (χ0v) is 14.0. The lowest BCUT2D eigenvalue weighted by Gasteiger charge is -2.30. The van der Waals surface area contributed by atoms with Crippen LogP contribution in [-0.4, -0.2) is 27.3 Å². The molecule has 23 heavy (non-hydrogen) atoms. The van der Waals surface area contributed by atoms with Gasteiger partial charge in [0, 0.05) is 23.7 Å². The molecule has 1 aliphatic carbocycles. The number of aromatic nitrogens is 3. The number of hydrogen-bond donors (Lipinski definition) is 0. The van der Waals surface area contributed by atoms with E-state index in [9.17, 15) is 4.79 Å². The van der Waals surface area contributed by atoms with Crippen LogP contribution in [-0.2, 0) is 24.1 Å². The highest BCUT2D eigenvalue weighted by Gasteiger charge is 2.33. The van der Waals surface area contributed by atoms with Gasteiger partial charge in [-0.25, -0.2) is 4.79 Å². The van der Waals surface area contributed by atoms with Crippen molar-refractivity contribution in [2.24, 2.45) is 5.41 Å². The maximum Gasteiger partial charge on any atom is 0.359 e. The normalized spacial score (nSPS) is 16.0. The molecule has 0 saturated heterocycles. The molecule has 0 aromatic carbocycles. The van der Waals surface area contributed by atoms with Gasteiger partial charge in [-0.15, -0.1) is 0 Å². The van der Waals surface area contributed by atoms with Crippen LogP contribution in [0.1, 0.15) is 54.5 Å². The summed E-state index contributed by atoms with van der Waals surface area (Å²) in [5.74, 6) is -0.312. The monoisotopic (exact) mass is 313 g/mol. The van der Waals surface area contributed by atoms with Gasteiger partial charge in [0.05, 0.1) is 13.2 Å². The van der Waals surface area contributed by atoms with Crippen LogP contribution in [0.25, 0.3) is 0 Å². The van der Waals surface area contributed by atoms with Gasteiger partial charge in [0.25, 0.3) is 0 Å². The van der Waals surface area contributed by atoms with Crippen LogP contribution in [0.4, 0.5) is 0 Å². The molecule has 2 heterocycles. The topological polar surface area (TPSA) is 57.0 Å². The van der Waals surface area contributed by atoms with Crippen molar-refractivity contribution >= 4 is 5.97 Å². The SMILES string of the molecule is CCOC(=O)c1nn(Cc2cccnc2)c2c1CCC(C)(C)C2. The lowest BCUT2D eigenvalue weighted by Crippen LogP contribution is -2.24. The Morgan fingerprint density at radius 3 is 2.96 bits per heavy atom. The van der Waals surface area contributed by atoms with Crippen LogP contribution in [0.2, 0.25) is 0 Å². The van der Waals surface area contributed by atoms with E-state index in [0.29, 0.717) is 18.8 Å². The Morgan fingerprint density at radius 2 is 2.26 bits per heavy atom.